The van der Waals surface area contributed by atoms with Crippen LogP contribution in [0.15, 0.2) is 12.7 Å². The molecule has 0 heterocycles. The van der Waals surface area contributed by atoms with E-state index in [0.717, 1.165) is 18.9 Å². The van der Waals surface area contributed by atoms with Crippen LogP contribution in [-0.4, -0.2) is 36.2 Å². The smallest absolute Gasteiger partial charge is 0.330 e. The molecule has 0 aromatic heterocycles. The average molecular weight is 300 g/mol. The second-order valence-corrected chi connectivity index (χ2v) is 4.61. The molecule has 0 aliphatic heterocycles. The number of esters is 2. The summed E-state index contributed by atoms with van der Waals surface area (Å²) in [5.41, 5.74) is 0. The lowest BCUT2D eigenvalue weighted by molar-refractivity contribution is -0.144. The first-order chi connectivity index (χ1) is 10.1. The number of aliphatic carboxylic acids is 1. The normalized spacial score (nSPS) is 9.90. The quantitative estimate of drug-likeness (QED) is 0.319. The zero-order valence-corrected chi connectivity index (χ0v) is 12.3. The van der Waals surface area contributed by atoms with Crippen LogP contribution in [0, 0.1) is 0 Å². The third-order valence-corrected chi connectivity index (χ3v) is 2.73. The van der Waals surface area contributed by atoms with Gasteiger partial charge < -0.3 is 14.6 Å². The van der Waals surface area contributed by atoms with Crippen molar-refractivity contribution in [3.8, 4) is 0 Å². The number of hydrogen-bond donors (Lipinski definition) is 1. The molecule has 21 heavy (non-hydrogen) atoms. The molecule has 0 spiro atoms. The van der Waals surface area contributed by atoms with E-state index < -0.39 is 11.9 Å². The van der Waals surface area contributed by atoms with Crippen LogP contribution in [0.2, 0.25) is 0 Å². The third kappa shape index (κ3) is 14.4. The topological polar surface area (TPSA) is 89.9 Å². The Morgan fingerprint density at radius 2 is 1.43 bits per heavy atom. The van der Waals surface area contributed by atoms with Crippen molar-refractivity contribution >= 4 is 17.9 Å². The number of carboxylic acids is 1. The minimum atomic E-state index is -0.800. The number of hydrogen-bond acceptors (Lipinski definition) is 5. The van der Waals surface area contributed by atoms with Gasteiger partial charge in [0.05, 0.1) is 13.2 Å². The average Bonchev–Trinajstić information content (AvgIpc) is 2.45. The molecule has 0 aliphatic rings. The van der Waals surface area contributed by atoms with Gasteiger partial charge in [-0.15, -0.1) is 0 Å². The van der Waals surface area contributed by atoms with Gasteiger partial charge in [0, 0.05) is 18.9 Å². The minimum absolute atomic E-state index is 0.157. The van der Waals surface area contributed by atoms with Gasteiger partial charge in [-0.25, -0.2) is 4.79 Å². The van der Waals surface area contributed by atoms with E-state index in [-0.39, 0.29) is 12.4 Å². The summed E-state index contributed by atoms with van der Waals surface area (Å²) >= 11 is 0. The van der Waals surface area contributed by atoms with Crippen LogP contribution in [0.25, 0.3) is 0 Å². The number of unbranched alkanes of at least 4 members (excludes halogenated alkanes) is 4. The van der Waals surface area contributed by atoms with Crippen molar-refractivity contribution in [2.24, 2.45) is 0 Å². The summed E-state index contributed by atoms with van der Waals surface area (Å²) < 4.78 is 9.83. The van der Waals surface area contributed by atoms with Crippen molar-refractivity contribution in [2.45, 2.75) is 51.4 Å². The summed E-state index contributed by atoms with van der Waals surface area (Å²) in [4.78, 5) is 32.4. The summed E-state index contributed by atoms with van der Waals surface area (Å²) in [7, 11) is 0. The number of ether oxygens (including phenoxy) is 2. The van der Waals surface area contributed by atoms with Gasteiger partial charge in [0.25, 0.3) is 0 Å². The van der Waals surface area contributed by atoms with Gasteiger partial charge in [-0.2, -0.15) is 0 Å². The van der Waals surface area contributed by atoms with Crippen molar-refractivity contribution < 1.29 is 29.0 Å². The molecule has 0 aromatic rings. The maximum absolute atomic E-state index is 11.4. The van der Waals surface area contributed by atoms with E-state index in [0.29, 0.717) is 45.3 Å². The van der Waals surface area contributed by atoms with Gasteiger partial charge in [0.2, 0.25) is 0 Å². The second kappa shape index (κ2) is 13.1. The molecule has 0 saturated heterocycles. The standard InChI is InChI=1S/C15H24O6/c1-2-14(18)20-11-8-4-6-10-15(19)21-12-7-3-5-9-13(16)17/h2H,1,3-12H2,(H,16,17). The molecule has 0 atom stereocenters. The fourth-order valence-corrected chi connectivity index (χ4v) is 1.59. The summed E-state index contributed by atoms with van der Waals surface area (Å²) in [5, 5.41) is 8.44. The monoisotopic (exact) mass is 300 g/mol. The predicted octanol–water partition coefficient (Wildman–Crippen LogP) is 2.46. The first kappa shape index (κ1) is 19.1. The van der Waals surface area contributed by atoms with Gasteiger partial charge in [-0.05, 0) is 38.5 Å². The second-order valence-electron chi connectivity index (χ2n) is 4.61. The maximum atomic E-state index is 11.4. The number of carbonyl (C=O) groups is 3. The molecule has 0 unspecified atom stereocenters. The van der Waals surface area contributed by atoms with Gasteiger partial charge in [0.15, 0.2) is 0 Å². The molecule has 1 N–H and O–H groups in total. The van der Waals surface area contributed by atoms with E-state index in [4.69, 9.17) is 14.6 Å². The van der Waals surface area contributed by atoms with E-state index in [2.05, 4.69) is 6.58 Å². The summed E-state index contributed by atoms with van der Waals surface area (Å²) in [6.45, 7) is 3.97. The Bertz CT molecular complexity index is 337. The lowest BCUT2D eigenvalue weighted by Crippen LogP contribution is -2.06. The summed E-state index contributed by atoms with van der Waals surface area (Å²) in [5.74, 6) is -1.47. The van der Waals surface area contributed by atoms with Crippen molar-refractivity contribution in [3.63, 3.8) is 0 Å². The Balaban J connectivity index is 3.29. The van der Waals surface area contributed by atoms with E-state index >= 15 is 0 Å². The van der Waals surface area contributed by atoms with Crippen LogP contribution in [0.3, 0.4) is 0 Å². The summed E-state index contributed by atoms with van der Waals surface area (Å²) in [6, 6.07) is 0. The van der Waals surface area contributed by atoms with Crippen LogP contribution >= 0.6 is 0 Å². The maximum Gasteiger partial charge on any atom is 0.330 e. The Hall–Kier alpha value is -1.85. The minimum Gasteiger partial charge on any atom is -0.481 e. The van der Waals surface area contributed by atoms with Crippen LogP contribution in [-0.2, 0) is 23.9 Å². The first-order valence-corrected chi connectivity index (χ1v) is 7.23. The van der Waals surface area contributed by atoms with Crippen molar-refractivity contribution in [1.82, 2.24) is 0 Å². The van der Waals surface area contributed by atoms with E-state index in [1.807, 2.05) is 0 Å². The molecule has 0 saturated carbocycles. The highest BCUT2D eigenvalue weighted by atomic mass is 16.5. The first-order valence-electron chi connectivity index (χ1n) is 7.23. The molecule has 6 nitrogen and oxygen atoms in total. The van der Waals surface area contributed by atoms with Crippen LogP contribution in [0.1, 0.15) is 51.4 Å². The van der Waals surface area contributed by atoms with Crippen LogP contribution < -0.4 is 0 Å². The number of carbonyl (C=O) groups excluding carboxylic acids is 2. The zero-order chi connectivity index (χ0) is 15.9. The van der Waals surface area contributed by atoms with Crippen molar-refractivity contribution in [3.05, 3.63) is 12.7 Å². The highest BCUT2D eigenvalue weighted by Gasteiger charge is 2.03. The van der Waals surface area contributed by atoms with Gasteiger partial charge in [-0.3, -0.25) is 9.59 Å². The highest BCUT2D eigenvalue weighted by Crippen LogP contribution is 2.04. The Labute approximate surface area is 125 Å². The molecule has 0 aromatic carbocycles. The molecule has 0 fully saturated rings. The molecular weight excluding hydrogens is 276 g/mol. The van der Waals surface area contributed by atoms with Crippen molar-refractivity contribution in [2.75, 3.05) is 13.2 Å². The molecule has 0 amide bonds. The van der Waals surface area contributed by atoms with Gasteiger partial charge >= 0.3 is 17.9 Å². The zero-order valence-electron chi connectivity index (χ0n) is 12.3. The number of rotatable bonds is 13. The molecule has 6 heteroatoms. The lowest BCUT2D eigenvalue weighted by Gasteiger charge is -2.05. The Morgan fingerprint density at radius 3 is 2.00 bits per heavy atom. The van der Waals surface area contributed by atoms with Crippen LogP contribution in [0.4, 0.5) is 0 Å². The van der Waals surface area contributed by atoms with Gasteiger partial charge in [-0.1, -0.05) is 6.58 Å². The van der Waals surface area contributed by atoms with Crippen molar-refractivity contribution in [1.29, 1.82) is 0 Å². The largest absolute Gasteiger partial charge is 0.481 e. The fourth-order valence-electron chi connectivity index (χ4n) is 1.59. The SMILES string of the molecule is C=CC(=O)OCCCCCC(=O)OCCCCCC(=O)O. The molecule has 0 rings (SSSR count). The molecule has 0 bridgehead atoms. The van der Waals surface area contributed by atoms with Gasteiger partial charge in [0.1, 0.15) is 0 Å². The third-order valence-electron chi connectivity index (χ3n) is 2.73. The van der Waals surface area contributed by atoms with E-state index in [1.54, 1.807) is 0 Å². The summed E-state index contributed by atoms with van der Waals surface area (Å²) in [6.07, 6.45) is 5.87. The predicted molar refractivity (Wildman–Crippen MR) is 76.7 cm³/mol. The highest BCUT2D eigenvalue weighted by molar-refractivity contribution is 5.81. The Morgan fingerprint density at radius 1 is 0.857 bits per heavy atom. The molecule has 0 radical (unpaired) electrons. The molecular formula is C15H24O6. The number of carboxylic acid groups (broad SMARTS) is 1. The Kier molecular flexibility index (Phi) is 12.0. The van der Waals surface area contributed by atoms with E-state index in [9.17, 15) is 14.4 Å². The van der Waals surface area contributed by atoms with E-state index in [1.165, 1.54) is 0 Å². The van der Waals surface area contributed by atoms with Crippen LogP contribution in [0.5, 0.6) is 0 Å². The molecule has 0 aliphatic carbocycles. The fraction of sp³-hybridized carbons (Fsp3) is 0.667. The lowest BCUT2D eigenvalue weighted by atomic mass is 10.2. The molecule has 120 valence electrons.